The number of aromatic hydroxyl groups is 1. The van der Waals surface area contributed by atoms with Crippen LogP contribution in [0.2, 0.25) is 0 Å². The highest BCUT2D eigenvalue weighted by atomic mass is 16.5. The zero-order valence-electron chi connectivity index (χ0n) is 17.0. The number of rotatable bonds is 5. The van der Waals surface area contributed by atoms with Gasteiger partial charge in [0.15, 0.2) is 5.49 Å². The summed E-state index contributed by atoms with van der Waals surface area (Å²) < 4.78 is 4.76. The number of phenolic OH excluding ortho intramolecular Hbond substituents is 1. The number of carbonyl (C=O) groups is 2. The van der Waals surface area contributed by atoms with Crippen molar-refractivity contribution in [2.45, 2.75) is 6.04 Å². The topological polar surface area (TPSA) is 169 Å². The fourth-order valence-electron chi connectivity index (χ4n) is 3.75. The van der Waals surface area contributed by atoms with E-state index in [0.29, 0.717) is 38.8 Å². The van der Waals surface area contributed by atoms with Gasteiger partial charge in [-0.05, 0) is 29.8 Å². The van der Waals surface area contributed by atoms with Crippen molar-refractivity contribution in [3.8, 4) is 5.75 Å². The molecule has 2 aromatic heterocycles. The Balaban J connectivity index is 2.07. The number of H-pyrrole nitrogens is 1. The van der Waals surface area contributed by atoms with E-state index in [-0.39, 0.29) is 16.9 Å². The maximum Gasteiger partial charge on any atom is 0.341 e. The van der Waals surface area contributed by atoms with Gasteiger partial charge in [-0.1, -0.05) is 12.6 Å². The zero-order valence-corrected chi connectivity index (χ0v) is 17.0. The average molecular weight is 432 g/mol. The summed E-state index contributed by atoms with van der Waals surface area (Å²) in [5.41, 5.74) is 10.8. The summed E-state index contributed by atoms with van der Waals surface area (Å²) in [6.45, 7) is 3.87. The Morgan fingerprint density at radius 1 is 1.31 bits per heavy atom. The van der Waals surface area contributed by atoms with Crippen LogP contribution < -0.4 is 27.7 Å². The number of nitrogens with zero attached hydrogens (tertiary/aromatic N) is 2. The van der Waals surface area contributed by atoms with Crippen LogP contribution in [0.25, 0.3) is 5.57 Å². The lowest BCUT2D eigenvalue weighted by Crippen LogP contribution is -2.32. The molecule has 0 aliphatic carbocycles. The first kappa shape index (κ1) is 20.8. The van der Waals surface area contributed by atoms with Crippen molar-refractivity contribution >= 4 is 23.3 Å². The molecule has 32 heavy (non-hydrogen) atoms. The highest BCUT2D eigenvalue weighted by Crippen LogP contribution is 2.39. The van der Waals surface area contributed by atoms with Crippen molar-refractivity contribution in [3.63, 3.8) is 0 Å². The third kappa shape index (κ3) is 3.28. The Labute approximate surface area is 181 Å². The number of nitrogen functional groups attached to an aromatic ring is 1. The maximum absolute atomic E-state index is 12.1. The normalized spacial score (nSPS) is 14.4. The second-order valence-electron chi connectivity index (χ2n) is 7.03. The van der Waals surface area contributed by atoms with Crippen molar-refractivity contribution in [2.75, 3.05) is 12.5 Å². The maximum atomic E-state index is 12.1. The molecule has 0 bridgehead atoms. The molecule has 4 rings (SSSR count). The molecule has 0 spiro atoms. The number of ether oxygens (including phenoxy) is 1. The largest absolute Gasteiger partial charge is 0.507 e. The number of fused-ring (bicyclic) bond motifs is 2. The second kappa shape index (κ2) is 8.00. The number of hydrogen-bond acceptors (Lipinski definition) is 8. The first-order valence-corrected chi connectivity index (χ1v) is 9.49. The lowest BCUT2D eigenvalue weighted by Gasteiger charge is -2.16. The second-order valence-corrected chi connectivity index (χ2v) is 7.03. The van der Waals surface area contributed by atoms with E-state index in [2.05, 4.69) is 22.0 Å². The first-order valence-electron chi connectivity index (χ1n) is 9.49. The molecule has 0 radical (unpaired) electrons. The van der Waals surface area contributed by atoms with Crippen LogP contribution in [0.5, 0.6) is 5.75 Å². The van der Waals surface area contributed by atoms with Crippen LogP contribution in [-0.4, -0.2) is 34.1 Å². The van der Waals surface area contributed by atoms with Gasteiger partial charge in [-0.2, -0.15) is 0 Å². The van der Waals surface area contributed by atoms with Crippen LogP contribution in [-0.2, 0) is 9.53 Å². The Morgan fingerprint density at radius 3 is 2.78 bits per heavy atom. The number of aromatic nitrogens is 2. The van der Waals surface area contributed by atoms with Gasteiger partial charge in [0.1, 0.15) is 23.2 Å². The number of phenols is 1. The van der Waals surface area contributed by atoms with Gasteiger partial charge in [0.25, 0.3) is 0 Å². The van der Waals surface area contributed by atoms with Crippen LogP contribution >= 0.6 is 0 Å². The van der Waals surface area contributed by atoms with Gasteiger partial charge < -0.3 is 26.0 Å². The zero-order chi connectivity index (χ0) is 23.0. The molecule has 1 atom stereocenters. The summed E-state index contributed by atoms with van der Waals surface area (Å²) in [4.78, 5) is 36.4. The molecule has 162 valence electrons. The van der Waals surface area contributed by atoms with E-state index >= 15 is 0 Å². The van der Waals surface area contributed by atoms with Crippen LogP contribution in [0, 0.1) is 0 Å². The van der Waals surface area contributed by atoms with Crippen LogP contribution in [0.15, 0.2) is 59.9 Å². The number of benzene rings is 1. The Kier molecular flexibility index (Phi) is 5.21. The number of carbonyl (C=O) groups excluding carboxylic acids is 2. The van der Waals surface area contributed by atoms with E-state index in [1.807, 2.05) is 0 Å². The summed E-state index contributed by atoms with van der Waals surface area (Å²) in [7, 11) is 1.23. The number of hydrogen-bond donors (Lipinski definition) is 5. The SMILES string of the molecule is C=C(C(N)=O)C1=c2cccnc2=NC(c2ccc(O)c(C(=O)OC)c2)c2c[nH]c(NN)c21. The minimum absolute atomic E-state index is 0.00861. The standard InChI is InChI=1S/C22H20N6O4/c1-10(19(23)30)16-12-4-3-7-25-20(12)27-18(14-9-26-21(28-24)17(14)16)11-5-6-15(29)13(8-11)22(31)32-2/h3-9,18,26,28-29H,1,24H2,2H3,(H2,23,30). The number of methoxy groups -OCH3 is 1. The monoisotopic (exact) mass is 432 g/mol. The molecule has 1 amide bonds. The number of nitrogens with one attached hydrogen (secondary N) is 2. The molecule has 0 saturated heterocycles. The Morgan fingerprint density at radius 2 is 2.09 bits per heavy atom. The van der Waals surface area contributed by atoms with Gasteiger partial charge in [-0.15, -0.1) is 0 Å². The number of aromatic amines is 1. The quantitative estimate of drug-likeness (QED) is 0.165. The number of amides is 1. The molecule has 10 nitrogen and oxygen atoms in total. The number of pyridine rings is 1. The molecule has 3 heterocycles. The van der Waals surface area contributed by atoms with Crippen LogP contribution in [0.1, 0.15) is 33.1 Å². The van der Waals surface area contributed by atoms with Crippen molar-refractivity contribution < 1.29 is 19.4 Å². The molecule has 1 unspecified atom stereocenters. The van der Waals surface area contributed by atoms with Crippen molar-refractivity contribution in [1.82, 2.24) is 9.97 Å². The third-order valence-electron chi connectivity index (χ3n) is 5.25. The Bertz CT molecular complexity index is 1390. The van der Waals surface area contributed by atoms with E-state index < -0.39 is 17.9 Å². The van der Waals surface area contributed by atoms with Gasteiger partial charge in [0.2, 0.25) is 5.91 Å². The lowest BCUT2D eigenvalue weighted by molar-refractivity contribution is -0.114. The van der Waals surface area contributed by atoms with Crippen molar-refractivity contribution in [1.29, 1.82) is 0 Å². The third-order valence-corrected chi connectivity index (χ3v) is 5.25. The van der Waals surface area contributed by atoms with Crippen molar-refractivity contribution in [2.24, 2.45) is 16.6 Å². The molecular formula is C22H20N6O4. The van der Waals surface area contributed by atoms with Gasteiger partial charge >= 0.3 is 5.97 Å². The van der Waals surface area contributed by atoms with E-state index in [1.165, 1.54) is 19.2 Å². The highest BCUT2D eigenvalue weighted by Gasteiger charge is 2.29. The first-order chi connectivity index (χ1) is 15.4. The molecule has 0 saturated carbocycles. The van der Waals surface area contributed by atoms with Crippen molar-refractivity contribution in [3.05, 3.63) is 87.8 Å². The molecule has 7 N–H and O–H groups in total. The predicted molar refractivity (Wildman–Crippen MR) is 116 cm³/mol. The van der Waals surface area contributed by atoms with Crippen LogP contribution in [0.3, 0.4) is 0 Å². The van der Waals surface area contributed by atoms with E-state index in [9.17, 15) is 14.7 Å². The summed E-state index contributed by atoms with van der Waals surface area (Å²) in [6, 6.07) is 7.32. The fourth-order valence-corrected chi connectivity index (χ4v) is 3.75. The number of nitrogens with two attached hydrogens (primary N) is 2. The number of primary amides is 1. The number of anilines is 1. The van der Waals surface area contributed by atoms with Gasteiger partial charge in [-0.3, -0.25) is 9.79 Å². The molecule has 3 aromatic rings. The average Bonchev–Trinajstić information content (AvgIpc) is 3.15. The van der Waals surface area contributed by atoms with Gasteiger partial charge in [0.05, 0.1) is 7.11 Å². The van der Waals surface area contributed by atoms with E-state index in [1.54, 1.807) is 30.6 Å². The van der Waals surface area contributed by atoms with Crippen LogP contribution in [0.4, 0.5) is 5.82 Å². The smallest absolute Gasteiger partial charge is 0.341 e. The summed E-state index contributed by atoms with van der Waals surface area (Å²) in [5, 5.41) is 10.7. The van der Waals surface area contributed by atoms with Gasteiger partial charge in [0, 0.05) is 39.9 Å². The highest BCUT2D eigenvalue weighted by molar-refractivity contribution is 6.09. The minimum atomic E-state index is -0.707. The summed E-state index contributed by atoms with van der Waals surface area (Å²) in [5.74, 6) is 4.53. The molecule has 1 aromatic carbocycles. The number of esters is 1. The molecule has 10 heteroatoms. The molecule has 1 aliphatic rings. The Hall–Kier alpha value is -4.44. The lowest BCUT2D eigenvalue weighted by atomic mass is 9.90. The predicted octanol–water partition coefficient (Wildman–Crippen LogP) is 0.151. The summed E-state index contributed by atoms with van der Waals surface area (Å²) >= 11 is 0. The van der Waals surface area contributed by atoms with Gasteiger partial charge in [-0.25, -0.2) is 15.6 Å². The molecule has 0 fully saturated rings. The van der Waals surface area contributed by atoms with E-state index in [0.717, 1.165) is 0 Å². The molecule has 1 aliphatic heterocycles. The molecular weight excluding hydrogens is 412 g/mol. The fraction of sp³-hybridized carbons (Fsp3) is 0.0909. The number of hydrazine groups is 1. The van der Waals surface area contributed by atoms with E-state index in [4.69, 9.17) is 21.3 Å². The minimum Gasteiger partial charge on any atom is -0.507 e. The summed E-state index contributed by atoms with van der Waals surface area (Å²) in [6.07, 6.45) is 3.26.